The predicted octanol–water partition coefficient (Wildman–Crippen LogP) is 2.59. The lowest BCUT2D eigenvalue weighted by Crippen LogP contribution is -2.28. The number of nitrogens with one attached hydrogen (secondary N) is 1. The topological polar surface area (TPSA) is 41.1 Å². The molecule has 1 saturated carbocycles. The summed E-state index contributed by atoms with van der Waals surface area (Å²) in [4.78, 5) is 2.57. The van der Waals surface area contributed by atoms with Crippen LogP contribution in [0.4, 0.5) is 5.00 Å². The minimum Gasteiger partial charge on any atom is -0.377 e. The Balaban J connectivity index is 1.93. The summed E-state index contributed by atoms with van der Waals surface area (Å²) in [5.74, 6) is 0.772. The van der Waals surface area contributed by atoms with Crippen molar-refractivity contribution < 1.29 is 0 Å². The zero-order chi connectivity index (χ0) is 12.3. The molecule has 0 radical (unpaired) electrons. The first-order chi connectivity index (χ1) is 8.20. The van der Waals surface area contributed by atoms with Crippen molar-refractivity contribution in [2.24, 2.45) is 5.92 Å². The summed E-state index contributed by atoms with van der Waals surface area (Å²) in [6, 6.07) is 0.792. The Morgan fingerprint density at radius 3 is 2.82 bits per heavy atom. The second-order valence-corrected chi connectivity index (χ2v) is 5.94. The largest absolute Gasteiger partial charge is 0.377 e. The van der Waals surface area contributed by atoms with Gasteiger partial charge in [0.05, 0.1) is 0 Å². The highest BCUT2D eigenvalue weighted by Crippen LogP contribution is 2.30. The lowest BCUT2D eigenvalue weighted by Gasteiger charge is -2.22. The Kier molecular flexibility index (Phi) is 4.34. The van der Waals surface area contributed by atoms with E-state index in [9.17, 15) is 0 Å². The highest BCUT2D eigenvalue weighted by Gasteiger charge is 2.29. The summed E-state index contributed by atoms with van der Waals surface area (Å²) in [5.41, 5.74) is 1.10. The molecule has 4 nitrogen and oxygen atoms in total. The van der Waals surface area contributed by atoms with Gasteiger partial charge >= 0.3 is 0 Å². The maximum Gasteiger partial charge on any atom is 0.134 e. The standard InChI is InChI=1S/C12H22N4S/c1-9(2)6-7-16(10-4-5-10)8-11-12(13-3)17-15-14-11/h9-10,13H,4-8H2,1-3H3. The summed E-state index contributed by atoms with van der Waals surface area (Å²) in [6.45, 7) is 6.70. The van der Waals surface area contributed by atoms with Crippen molar-refractivity contribution in [3.63, 3.8) is 0 Å². The molecule has 0 aliphatic heterocycles. The molecule has 0 amide bonds. The average molecular weight is 254 g/mol. The Morgan fingerprint density at radius 2 is 2.24 bits per heavy atom. The van der Waals surface area contributed by atoms with Crippen molar-refractivity contribution >= 4 is 16.5 Å². The quantitative estimate of drug-likeness (QED) is 0.812. The van der Waals surface area contributed by atoms with E-state index in [1.54, 1.807) is 0 Å². The highest BCUT2D eigenvalue weighted by atomic mass is 32.1. The van der Waals surface area contributed by atoms with Crippen LogP contribution in [0, 0.1) is 5.92 Å². The molecule has 1 N–H and O–H groups in total. The summed E-state index contributed by atoms with van der Waals surface area (Å²) in [7, 11) is 1.94. The van der Waals surface area contributed by atoms with Gasteiger partial charge in [0.1, 0.15) is 10.7 Å². The molecule has 1 aromatic rings. The van der Waals surface area contributed by atoms with Crippen LogP contribution in [0.1, 0.15) is 38.8 Å². The molecule has 0 unspecified atom stereocenters. The van der Waals surface area contributed by atoms with Crippen LogP contribution >= 0.6 is 11.5 Å². The summed E-state index contributed by atoms with van der Waals surface area (Å²) in [6.07, 6.45) is 3.97. The van der Waals surface area contributed by atoms with Crippen molar-refractivity contribution in [2.75, 3.05) is 18.9 Å². The molecule has 0 spiro atoms. The monoisotopic (exact) mass is 254 g/mol. The molecule has 1 heterocycles. The molecule has 2 rings (SSSR count). The first-order valence-corrected chi connectivity index (χ1v) is 7.21. The first kappa shape index (κ1) is 12.8. The van der Waals surface area contributed by atoms with Gasteiger partial charge in [-0.1, -0.05) is 18.3 Å². The van der Waals surface area contributed by atoms with Gasteiger partial charge in [-0.05, 0) is 31.7 Å². The van der Waals surface area contributed by atoms with Crippen molar-refractivity contribution in [2.45, 2.75) is 45.7 Å². The van der Waals surface area contributed by atoms with E-state index in [0.29, 0.717) is 0 Å². The van der Waals surface area contributed by atoms with Gasteiger partial charge in [0, 0.05) is 31.2 Å². The normalized spacial score (nSPS) is 15.8. The zero-order valence-electron chi connectivity index (χ0n) is 10.9. The molecule has 5 heteroatoms. The maximum absolute atomic E-state index is 4.23. The second kappa shape index (κ2) is 5.78. The molecule has 0 saturated heterocycles. The molecule has 1 aromatic heterocycles. The number of nitrogens with zero attached hydrogens (tertiary/aromatic N) is 3. The number of hydrogen-bond acceptors (Lipinski definition) is 5. The van der Waals surface area contributed by atoms with E-state index in [2.05, 4.69) is 33.7 Å². The Labute approximate surface area is 108 Å². The molecule has 17 heavy (non-hydrogen) atoms. The Hall–Kier alpha value is -0.680. The molecule has 1 aliphatic rings. The van der Waals surface area contributed by atoms with E-state index >= 15 is 0 Å². The number of aromatic nitrogens is 2. The minimum absolute atomic E-state index is 0.772. The van der Waals surface area contributed by atoms with Crippen LogP contribution in [-0.2, 0) is 6.54 Å². The van der Waals surface area contributed by atoms with Crippen LogP contribution in [0.25, 0.3) is 0 Å². The van der Waals surface area contributed by atoms with E-state index in [4.69, 9.17) is 0 Å². The van der Waals surface area contributed by atoms with Gasteiger partial charge in [-0.3, -0.25) is 4.90 Å². The van der Waals surface area contributed by atoms with E-state index in [1.165, 1.54) is 37.3 Å². The molecule has 96 valence electrons. The third kappa shape index (κ3) is 3.64. The predicted molar refractivity (Wildman–Crippen MR) is 72.3 cm³/mol. The lowest BCUT2D eigenvalue weighted by atomic mass is 10.1. The smallest absolute Gasteiger partial charge is 0.134 e. The lowest BCUT2D eigenvalue weighted by molar-refractivity contribution is 0.237. The number of rotatable bonds is 7. The average Bonchev–Trinajstić information content (AvgIpc) is 3.04. The van der Waals surface area contributed by atoms with Gasteiger partial charge in [0.15, 0.2) is 0 Å². The molecule has 1 aliphatic carbocycles. The fourth-order valence-corrected chi connectivity index (χ4v) is 2.47. The maximum atomic E-state index is 4.23. The fraction of sp³-hybridized carbons (Fsp3) is 0.833. The number of hydrogen-bond donors (Lipinski definition) is 1. The van der Waals surface area contributed by atoms with Gasteiger partial charge in [-0.15, -0.1) is 5.10 Å². The molecule has 0 bridgehead atoms. The first-order valence-electron chi connectivity index (χ1n) is 6.43. The fourth-order valence-electron chi connectivity index (χ4n) is 1.95. The van der Waals surface area contributed by atoms with E-state index in [1.807, 2.05) is 7.05 Å². The number of anilines is 1. The van der Waals surface area contributed by atoms with Crippen LogP contribution < -0.4 is 5.32 Å². The van der Waals surface area contributed by atoms with Crippen LogP contribution in [0.5, 0.6) is 0 Å². The molecular weight excluding hydrogens is 232 g/mol. The minimum atomic E-state index is 0.772. The van der Waals surface area contributed by atoms with Crippen LogP contribution in [0.2, 0.25) is 0 Å². The Bertz CT molecular complexity index is 346. The molecule has 0 atom stereocenters. The van der Waals surface area contributed by atoms with Crippen LogP contribution in [0.15, 0.2) is 0 Å². The van der Waals surface area contributed by atoms with Crippen molar-refractivity contribution in [3.05, 3.63) is 5.69 Å². The second-order valence-electron chi connectivity index (χ2n) is 5.18. The van der Waals surface area contributed by atoms with E-state index < -0.39 is 0 Å². The van der Waals surface area contributed by atoms with Crippen molar-refractivity contribution in [1.82, 2.24) is 14.5 Å². The van der Waals surface area contributed by atoms with E-state index in [0.717, 1.165) is 29.2 Å². The van der Waals surface area contributed by atoms with Gasteiger partial charge in [0.2, 0.25) is 0 Å². The van der Waals surface area contributed by atoms with Crippen molar-refractivity contribution in [3.8, 4) is 0 Å². The highest BCUT2D eigenvalue weighted by molar-refractivity contribution is 7.10. The van der Waals surface area contributed by atoms with E-state index in [-0.39, 0.29) is 0 Å². The molecule has 1 fully saturated rings. The van der Waals surface area contributed by atoms with Gasteiger partial charge in [-0.2, -0.15) is 0 Å². The Morgan fingerprint density at radius 1 is 1.47 bits per heavy atom. The van der Waals surface area contributed by atoms with Gasteiger partial charge in [-0.25, -0.2) is 0 Å². The SMILES string of the molecule is CNc1snnc1CN(CCC(C)C)C1CC1. The molecular formula is C12H22N4S. The third-order valence-corrected chi connectivity index (χ3v) is 3.98. The summed E-state index contributed by atoms with van der Waals surface area (Å²) < 4.78 is 4.02. The molecule has 0 aromatic carbocycles. The summed E-state index contributed by atoms with van der Waals surface area (Å²) >= 11 is 1.45. The van der Waals surface area contributed by atoms with Crippen molar-refractivity contribution in [1.29, 1.82) is 0 Å². The van der Waals surface area contributed by atoms with Gasteiger partial charge < -0.3 is 5.32 Å². The summed E-state index contributed by atoms with van der Waals surface area (Å²) in [5, 5.41) is 8.51. The van der Waals surface area contributed by atoms with Crippen LogP contribution in [0.3, 0.4) is 0 Å². The van der Waals surface area contributed by atoms with Gasteiger partial charge in [0.25, 0.3) is 0 Å². The van der Waals surface area contributed by atoms with Crippen LogP contribution in [-0.4, -0.2) is 34.1 Å². The third-order valence-electron chi connectivity index (χ3n) is 3.19. The zero-order valence-corrected chi connectivity index (χ0v) is 11.8.